The Morgan fingerprint density at radius 1 is 1.34 bits per heavy atom. The number of ether oxygens (including phenoxy) is 1. The van der Waals surface area contributed by atoms with Crippen LogP contribution in [0.3, 0.4) is 0 Å². The van der Waals surface area contributed by atoms with Crippen molar-refractivity contribution in [2.24, 2.45) is 0 Å². The fourth-order valence-electron chi connectivity index (χ4n) is 3.85. The Morgan fingerprint density at radius 2 is 2.10 bits per heavy atom. The molecule has 1 atom stereocenters. The molecule has 1 unspecified atom stereocenters. The number of methoxy groups -OCH3 is 1. The minimum Gasteiger partial charge on any atom is -0.465 e. The van der Waals surface area contributed by atoms with Crippen LogP contribution < -0.4 is 9.80 Å². The Kier molecular flexibility index (Phi) is 6.26. The van der Waals surface area contributed by atoms with Crippen molar-refractivity contribution >= 4 is 29.0 Å². The summed E-state index contributed by atoms with van der Waals surface area (Å²) in [5.41, 5.74) is 0.615. The number of nitro groups is 1. The van der Waals surface area contributed by atoms with Crippen molar-refractivity contribution in [3.63, 3.8) is 0 Å². The molecule has 2 aromatic rings. The number of piperidine rings is 1. The number of aromatic nitrogens is 2. The topological polar surface area (TPSA) is 102 Å². The first-order chi connectivity index (χ1) is 14.0. The predicted octanol–water partition coefficient (Wildman–Crippen LogP) is 3.71. The highest BCUT2D eigenvalue weighted by Gasteiger charge is 2.33. The van der Waals surface area contributed by atoms with Gasteiger partial charge in [0.15, 0.2) is 0 Å². The van der Waals surface area contributed by atoms with Crippen molar-refractivity contribution in [2.75, 3.05) is 30.5 Å². The molecule has 0 bridgehead atoms. The van der Waals surface area contributed by atoms with Gasteiger partial charge in [-0.25, -0.2) is 14.8 Å². The van der Waals surface area contributed by atoms with Gasteiger partial charge in [0.25, 0.3) is 0 Å². The number of benzene rings is 1. The first kappa shape index (κ1) is 20.5. The Bertz CT molecular complexity index is 904. The molecule has 1 aromatic carbocycles. The van der Waals surface area contributed by atoms with Crippen molar-refractivity contribution in [3.8, 4) is 0 Å². The van der Waals surface area contributed by atoms with E-state index in [1.165, 1.54) is 13.4 Å². The lowest BCUT2D eigenvalue weighted by Crippen LogP contribution is -2.40. The third-order valence-corrected chi connectivity index (χ3v) is 5.33. The van der Waals surface area contributed by atoms with Crippen LogP contribution in [0.25, 0.3) is 0 Å². The fourth-order valence-corrected chi connectivity index (χ4v) is 3.85. The number of carbonyl (C=O) groups excluding carboxylic acids is 1. The quantitative estimate of drug-likeness (QED) is 0.412. The van der Waals surface area contributed by atoms with E-state index >= 15 is 0 Å². The Morgan fingerprint density at radius 3 is 2.79 bits per heavy atom. The summed E-state index contributed by atoms with van der Waals surface area (Å²) in [6, 6.07) is 6.99. The van der Waals surface area contributed by atoms with E-state index in [2.05, 4.69) is 16.9 Å². The van der Waals surface area contributed by atoms with Crippen molar-refractivity contribution in [1.29, 1.82) is 0 Å². The van der Waals surface area contributed by atoms with Gasteiger partial charge in [-0.15, -0.1) is 0 Å². The molecule has 29 heavy (non-hydrogen) atoms. The third kappa shape index (κ3) is 3.98. The fraction of sp³-hybridized carbons (Fsp3) is 0.450. The highest BCUT2D eigenvalue weighted by atomic mass is 16.6. The van der Waals surface area contributed by atoms with E-state index in [0.29, 0.717) is 17.1 Å². The van der Waals surface area contributed by atoms with Crippen LogP contribution in [-0.2, 0) is 4.74 Å². The summed E-state index contributed by atoms with van der Waals surface area (Å²) in [5, 5.41) is 12.1. The van der Waals surface area contributed by atoms with Crippen LogP contribution >= 0.6 is 0 Å². The Labute approximate surface area is 169 Å². The van der Waals surface area contributed by atoms with Crippen molar-refractivity contribution in [2.45, 2.75) is 38.6 Å². The summed E-state index contributed by atoms with van der Waals surface area (Å²) < 4.78 is 4.85. The number of esters is 1. The molecule has 3 rings (SSSR count). The molecule has 154 valence electrons. The Hall–Kier alpha value is -3.23. The van der Waals surface area contributed by atoms with Crippen LogP contribution in [0, 0.1) is 10.1 Å². The standard InChI is InChI=1S/C20H25N5O4/c1-4-14-9-7-8-12-24(14)19-17(25(27)28)18(21-13-22-19)23(2)16-11-6-5-10-15(16)20(26)29-3/h5-6,10-11,13-14H,4,7-9,12H2,1-3H3. The predicted molar refractivity (Wildman–Crippen MR) is 110 cm³/mol. The number of nitrogens with zero attached hydrogens (tertiary/aromatic N) is 5. The lowest BCUT2D eigenvalue weighted by Gasteiger charge is -2.36. The number of anilines is 3. The van der Waals surface area contributed by atoms with Gasteiger partial charge in [0, 0.05) is 19.6 Å². The molecule has 1 saturated heterocycles. The van der Waals surface area contributed by atoms with E-state index in [4.69, 9.17) is 4.74 Å². The summed E-state index contributed by atoms with van der Waals surface area (Å²) in [6.45, 7) is 2.80. The molecule has 1 aromatic heterocycles. The molecule has 0 N–H and O–H groups in total. The number of rotatable bonds is 6. The van der Waals surface area contributed by atoms with Crippen molar-refractivity contribution in [1.82, 2.24) is 9.97 Å². The SMILES string of the molecule is CCC1CCCCN1c1ncnc(N(C)c2ccccc2C(=O)OC)c1[N+](=O)[O-]. The Balaban J connectivity index is 2.11. The lowest BCUT2D eigenvalue weighted by atomic mass is 10.00. The second-order valence-electron chi connectivity index (χ2n) is 6.95. The minimum absolute atomic E-state index is 0.136. The summed E-state index contributed by atoms with van der Waals surface area (Å²) in [7, 11) is 2.94. The molecule has 0 amide bonds. The first-order valence-electron chi connectivity index (χ1n) is 9.66. The molecule has 1 aliphatic heterocycles. The maximum absolute atomic E-state index is 12.2. The van der Waals surface area contributed by atoms with Gasteiger partial charge in [-0.05, 0) is 37.8 Å². The maximum Gasteiger partial charge on any atom is 0.353 e. The van der Waals surface area contributed by atoms with Gasteiger partial charge in [-0.1, -0.05) is 19.1 Å². The highest BCUT2D eigenvalue weighted by molar-refractivity contribution is 5.97. The highest BCUT2D eigenvalue weighted by Crippen LogP contribution is 2.39. The normalized spacial score (nSPS) is 16.4. The van der Waals surface area contributed by atoms with E-state index < -0.39 is 10.9 Å². The molecule has 9 nitrogen and oxygen atoms in total. The van der Waals surface area contributed by atoms with Gasteiger partial charge in [-0.3, -0.25) is 10.1 Å². The number of para-hydroxylation sites is 1. The molecule has 0 radical (unpaired) electrons. The summed E-state index contributed by atoms with van der Waals surface area (Å²) in [6.07, 6.45) is 5.28. The van der Waals surface area contributed by atoms with Gasteiger partial charge in [0.05, 0.1) is 23.3 Å². The molecule has 0 aliphatic carbocycles. The zero-order chi connectivity index (χ0) is 21.0. The monoisotopic (exact) mass is 399 g/mol. The minimum atomic E-state index is -0.522. The molecule has 0 spiro atoms. The average molecular weight is 399 g/mol. The van der Waals surface area contributed by atoms with E-state index in [0.717, 1.165) is 32.2 Å². The molecule has 1 fully saturated rings. The van der Waals surface area contributed by atoms with E-state index in [-0.39, 0.29) is 17.5 Å². The van der Waals surface area contributed by atoms with Gasteiger partial charge < -0.3 is 14.5 Å². The van der Waals surface area contributed by atoms with E-state index in [1.54, 1.807) is 36.2 Å². The van der Waals surface area contributed by atoms with Crippen LogP contribution in [0.2, 0.25) is 0 Å². The first-order valence-corrected chi connectivity index (χ1v) is 9.66. The average Bonchev–Trinajstić information content (AvgIpc) is 2.77. The molecule has 0 saturated carbocycles. The second-order valence-corrected chi connectivity index (χ2v) is 6.95. The molecular formula is C20H25N5O4. The van der Waals surface area contributed by atoms with Crippen LogP contribution in [0.15, 0.2) is 30.6 Å². The zero-order valence-electron chi connectivity index (χ0n) is 16.9. The largest absolute Gasteiger partial charge is 0.465 e. The zero-order valence-corrected chi connectivity index (χ0v) is 16.9. The van der Waals surface area contributed by atoms with Crippen molar-refractivity contribution < 1.29 is 14.5 Å². The summed E-state index contributed by atoms with van der Waals surface area (Å²) in [4.78, 5) is 35.8. The smallest absolute Gasteiger partial charge is 0.353 e. The number of hydrogen-bond acceptors (Lipinski definition) is 8. The number of hydrogen-bond donors (Lipinski definition) is 0. The maximum atomic E-state index is 12.2. The van der Waals surface area contributed by atoms with Gasteiger partial charge in [-0.2, -0.15) is 0 Å². The van der Waals surface area contributed by atoms with Gasteiger partial charge in [0.1, 0.15) is 6.33 Å². The van der Waals surface area contributed by atoms with Gasteiger partial charge in [0.2, 0.25) is 11.6 Å². The summed E-state index contributed by atoms with van der Waals surface area (Å²) in [5.74, 6) is -0.0582. The van der Waals surface area contributed by atoms with Crippen LogP contribution in [0.5, 0.6) is 0 Å². The molecule has 1 aliphatic rings. The third-order valence-electron chi connectivity index (χ3n) is 5.33. The summed E-state index contributed by atoms with van der Waals surface area (Å²) >= 11 is 0. The van der Waals surface area contributed by atoms with Crippen LogP contribution in [0.4, 0.5) is 23.0 Å². The molecule has 2 heterocycles. The number of carbonyl (C=O) groups is 1. The lowest BCUT2D eigenvalue weighted by molar-refractivity contribution is -0.383. The van der Waals surface area contributed by atoms with Crippen LogP contribution in [0.1, 0.15) is 43.0 Å². The van der Waals surface area contributed by atoms with Crippen LogP contribution in [-0.4, -0.2) is 47.6 Å². The second kappa shape index (κ2) is 8.85. The molecular weight excluding hydrogens is 374 g/mol. The van der Waals surface area contributed by atoms with Gasteiger partial charge >= 0.3 is 11.7 Å². The van der Waals surface area contributed by atoms with E-state index in [1.807, 2.05) is 4.90 Å². The van der Waals surface area contributed by atoms with E-state index in [9.17, 15) is 14.9 Å². The van der Waals surface area contributed by atoms with Crippen molar-refractivity contribution in [3.05, 3.63) is 46.3 Å². The molecule has 9 heteroatoms.